The maximum atomic E-state index is 5.35. The molecule has 5 nitrogen and oxygen atoms in total. The van der Waals surface area contributed by atoms with Crippen LogP contribution in [0.5, 0.6) is 0 Å². The van der Waals surface area contributed by atoms with Gasteiger partial charge in [0, 0.05) is 17.1 Å². The van der Waals surface area contributed by atoms with Gasteiger partial charge in [0.15, 0.2) is 5.76 Å². The molecule has 114 valence electrons. The molecule has 0 radical (unpaired) electrons. The van der Waals surface area contributed by atoms with E-state index in [1.165, 1.54) is 4.88 Å². The van der Waals surface area contributed by atoms with Crippen LogP contribution in [0.1, 0.15) is 36.0 Å². The minimum absolute atomic E-state index is 0.269. The highest BCUT2D eigenvalue weighted by molar-refractivity contribution is 7.09. The fourth-order valence-corrected chi connectivity index (χ4v) is 2.82. The van der Waals surface area contributed by atoms with Crippen molar-refractivity contribution in [1.29, 1.82) is 0 Å². The Morgan fingerprint density at radius 1 is 1.36 bits per heavy atom. The smallest absolute Gasteiger partial charge is 0.223 e. The van der Waals surface area contributed by atoms with Crippen LogP contribution in [0.25, 0.3) is 11.3 Å². The number of hydrogen-bond acceptors (Lipinski definition) is 6. The van der Waals surface area contributed by atoms with Gasteiger partial charge in [-0.2, -0.15) is 0 Å². The lowest BCUT2D eigenvalue weighted by Crippen LogP contribution is -2.06. The van der Waals surface area contributed by atoms with E-state index >= 15 is 0 Å². The highest BCUT2D eigenvalue weighted by Gasteiger charge is 2.16. The van der Waals surface area contributed by atoms with E-state index in [2.05, 4.69) is 45.7 Å². The highest BCUT2D eigenvalue weighted by atomic mass is 32.1. The van der Waals surface area contributed by atoms with Gasteiger partial charge in [-0.1, -0.05) is 25.1 Å². The van der Waals surface area contributed by atoms with Crippen LogP contribution in [-0.2, 0) is 6.54 Å². The Morgan fingerprint density at radius 3 is 2.86 bits per heavy atom. The molecule has 0 amide bonds. The van der Waals surface area contributed by atoms with Crippen LogP contribution in [0.3, 0.4) is 0 Å². The summed E-state index contributed by atoms with van der Waals surface area (Å²) in [7, 11) is 0. The molecule has 0 saturated heterocycles. The monoisotopic (exact) mass is 314 g/mol. The van der Waals surface area contributed by atoms with Gasteiger partial charge in [-0.3, -0.25) is 0 Å². The SMILES string of the molecule is Cc1cc(-c2cnc(NCc3cccs3)nc2C(C)C)on1. The van der Waals surface area contributed by atoms with Crippen molar-refractivity contribution in [1.82, 2.24) is 15.1 Å². The number of nitrogens with zero attached hydrogens (tertiary/aromatic N) is 3. The zero-order chi connectivity index (χ0) is 15.5. The number of aryl methyl sites for hydroxylation is 1. The maximum Gasteiger partial charge on any atom is 0.223 e. The fraction of sp³-hybridized carbons (Fsp3) is 0.312. The molecule has 0 aromatic carbocycles. The molecule has 3 rings (SSSR count). The minimum Gasteiger partial charge on any atom is -0.356 e. The topological polar surface area (TPSA) is 63.8 Å². The molecule has 3 aromatic rings. The summed E-state index contributed by atoms with van der Waals surface area (Å²) in [6, 6.07) is 6.04. The third kappa shape index (κ3) is 3.17. The first-order chi connectivity index (χ1) is 10.6. The molecule has 6 heteroatoms. The van der Waals surface area contributed by atoms with Gasteiger partial charge in [0.05, 0.1) is 23.5 Å². The van der Waals surface area contributed by atoms with Gasteiger partial charge in [-0.25, -0.2) is 9.97 Å². The average molecular weight is 314 g/mol. The van der Waals surface area contributed by atoms with Gasteiger partial charge in [0.2, 0.25) is 5.95 Å². The van der Waals surface area contributed by atoms with Crippen molar-refractivity contribution in [2.24, 2.45) is 0 Å². The van der Waals surface area contributed by atoms with Crippen molar-refractivity contribution in [3.05, 3.63) is 46.0 Å². The Bertz CT molecular complexity index is 749. The van der Waals surface area contributed by atoms with E-state index in [1.807, 2.05) is 19.1 Å². The number of aromatic nitrogens is 3. The first-order valence-electron chi connectivity index (χ1n) is 7.20. The van der Waals surface area contributed by atoms with Crippen molar-refractivity contribution in [2.75, 3.05) is 5.32 Å². The third-order valence-electron chi connectivity index (χ3n) is 3.26. The van der Waals surface area contributed by atoms with Crippen LogP contribution in [0.4, 0.5) is 5.95 Å². The molecule has 0 saturated carbocycles. The van der Waals surface area contributed by atoms with Gasteiger partial charge in [0.25, 0.3) is 0 Å². The quantitative estimate of drug-likeness (QED) is 0.763. The predicted octanol–water partition coefficient (Wildman–Crippen LogP) is 4.24. The molecule has 0 aliphatic heterocycles. The summed E-state index contributed by atoms with van der Waals surface area (Å²) < 4.78 is 5.35. The van der Waals surface area contributed by atoms with Crippen LogP contribution < -0.4 is 5.32 Å². The van der Waals surface area contributed by atoms with E-state index in [1.54, 1.807) is 17.5 Å². The Balaban J connectivity index is 1.86. The molecular formula is C16H18N4OS. The second kappa shape index (κ2) is 6.27. The number of anilines is 1. The summed E-state index contributed by atoms with van der Waals surface area (Å²) in [6.45, 7) is 6.85. The molecule has 0 atom stereocenters. The normalized spacial score (nSPS) is 11.1. The summed E-state index contributed by atoms with van der Waals surface area (Å²) in [5.41, 5.74) is 2.71. The molecule has 22 heavy (non-hydrogen) atoms. The summed E-state index contributed by atoms with van der Waals surface area (Å²) in [5, 5.41) is 9.27. The standard InChI is InChI=1S/C16H18N4OS/c1-10(2)15-13(14-7-11(3)20-21-14)9-18-16(19-15)17-8-12-5-4-6-22-12/h4-7,9-10H,8H2,1-3H3,(H,17,18,19). The fourth-order valence-electron chi connectivity index (χ4n) is 2.18. The summed E-state index contributed by atoms with van der Waals surface area (Å²) in [6.07, 6.45) is 1.80. The van der Waals surface area contributed by atoms with Gasteiger partial charge >= 0.3 is 0 Å². The highest BCUT2D eigenvalue weighted by Crippen LogP contribution is 2.28. The Labute approximate surface area is 133 Å². The molecule has 0 fully saturated rings. The first kappa shape index (κ1) is 14.7. The Kier molecular flexibility index (Phi) is 4.20. The Morgan fingerprint density at radius 2 is 2.23 bits per heavy atom. The molecule has 0 aliphatic carbocycles. The van der Waals surface area contributed by atoms with E-state index in [9.17, 15) is 0 Å². The van der Waals surface area contributed by atoms with E-state index in [0.717, 1.165) is 23.5 Å². The molecule has 0 aliphatic rings. The van der Waals surface area contributed by atoms with Gasteiger partial charge in [0.1, 0.15) is 0 Å². The van der Waals surface area contributed by atoms with Gasteiger partial charge < -0.3 is 9.84 Å². The minimum atomic E-state index is 0.269. The van der Waals surface area contributed by atoms with Gasteiger partial charge in [-0.05, 0) is 24.3 Å². The van der Waals surface area contributed by atoms with E-state index < -0.39 is 0 Å². The van der Waals surface area contributed by atoms with Crippen molar-refractivity contribution >= 4 is 17.3 Å². The predicted molar refractivity (Wildman–Crippen MR) is 88.0 cm³/mol. The number of rotatable bonds is 5. The first-order valence-corrected chi connectivity index (χ1v) is 8.08. The van der Waals surface area contributed by atoms with E-state index in [0.29, 0.717) is 11.7 Å². The van der Waals surface area contributed by atoms with Crippen LogP contribution in [0.15, 0.2) is 34.3 Å². The number of hydrogen-bond donors (Lipinski definition) is 1. The van der Waals surface area contributed by atoms with Crippen molar-refractivity contribution in [3.63, 3.8) is 0 Å². The lowest BCUT2D eigenvalue weighted by atomic mass is 10.0. The second-order valence-electron chi connectivity index (χ2n) is 5.41. The average Bonchev–Trinajstić information content (AvgIpc) is 3.16. The largest absolute Gasteiger partial charge is 0.356 e. The molecule has 0 bridgehead atoms. The Hall–Kier alpha value is -2.21. The number of thiophene rings is 1. The second-order valence-corrected chi connectivity index (χ2v) is 6.44. The molecule has 0 spiro atoms. The van der Waals surface area contributed by atoms with E-state index in [4.69, 9.17) is 4.52 Å². The lowest BCUT2D eigenvalue weighted by Gasteiger charge is -2.11. The summed E-state index contributed by atoms with van der Waals surface area (Å²) in [5.74, 6) is 1.62. The summed E-state index contributed by atoms with van der Waals surface area (Å²) >= 11 is 1.71. The van der Waals surface area contributed by atoms with Crippen molar-refractivity contribution < 1.29 is 4.52 Å². The molecule has 0 unspecified atom stereocenters. The van der Waals surface area contributed by atoms with Crippen LogP contribution in [0.2, 0.25) is 0 Å². The zero-order valence-corrected chi connectivity index (χ0v) is 13.6. The summed E-state index contributed by atoms with van der Waals surface area (Å²) in [4.78, 5) is 10.3. The van der Waals surface area contributed by atoms with Crippen LogP contribution in [0, 0.1) is 6.92 Å². The molecular weight excluding hydrogens is 296 g/mol. The van der Waals surface area contributed by atoms with E-state index in [-0.39, 0.29) is 5.92 Å². The van der Waals surface area contributed by atoms with Crippen LogP contribution in [-0.4, -0.2) is 15.1 Å². The van der Waals surface area contributed by atoms with Crippen molar-refractivity contribution in [3.8, 4) is 11.3 Å². The molecule has 3 aromatic heterocycles. The third-order valence-corrected chi connectivity index (χ3v) is 4.14. The number of nitrogens with one attached hydrogen (secondary N) is 1. The van der Waals surface area contributed by atoms with Crippen molar-refractivity contribution in [2.45, 2.75) is 33.2 Å². The lowest BCUT2D eigenvalue weighted by molar-refractivity contribution is 0.426. The van der Waals surface area contributed by atoms with Crippen LogP contribution >= 0.6 is 11.3 Å². The molecule has 3 heterocycles. The maximum absolute atomic E-state index is 5.35. The van der Waals surface area contributed by atoms with Gasteiger partial charge in [-0.15, -0.1) is 11.3 Å². The molecule has 1 N–H and O–H groups in total. The zero-order valence-electron chi connectivity index (χ0n) is 12.8.